The third kappa shape index (κ3) is 6.14. The number of nitrogens with one attached hydrogen (secondary N) is 1. The van der Waals surface area contributed by atoms with Crippen LogP contribution in [0.1, 0.15) is 24.1 Å². The minimum absolute atomic E-state index is 0.102. The van der Waals surface area contributed by atoms with E-state index in [-0.39, 0.29) is 6.61 Å². The van der Waals surface area contributed by atoms with Gasteiger partial charge in [0.15, 0.2) is 0 Å². The number of methoxy groups -OCH3 is 1. The highest BCUT2D eigenvalue weighted by Crippen LogP contribution is 2.19. The van der Waals surface area contributed by atoms with Crippen molar-refractivity contribution in [1.29, 1.82) is 0 Å². The summed E-state index contributed by atoms with van der Waals surface area (Å²) in [5.41, 5.74) is 1.28. The maximum atomic E-state index is 12.3. The van der Waals surface area contributed by atoms with Gasteiger partial charge in [-0.25, -0.2) is 4.79 Å². The number of rotatable bonds is 7. The Labute approximate surface area is 121 Å². The molecule has 1 aromatic carbocycles. The Kier molecular flexibility index (Phi) is 6.64. The molecule has 0 aromatic heterocycles. The molecular weight excluding hydrogens is 287 g/mol. The predicted molar refractivity (Wildman–Crippen MR) is 70.6 cm³/mol. The van der Waals surface area contributed by atoms with Gasteiger partial charge in [0, 0.05) is 7.11 Å². The number of hydrogen-bond acceptors (Lipinski definition) is 4. The van der Waals surface area contributed by atoms with E-state index in [4.69, 9.17) is 9.47 Å². The summed E-state index contributed by atoms with van der Waals surface area (Å²) < 4.78 is 46.7. The lowest BCUT2D eigenvalue weighted by molar-refractivity contribution is -0.149. The molecule has 0 spiro atoms. The Morgan fingerprint density at radius 3 is 2.38 bits per heavy atom. The Balaban J connectivity index is 2.86. The Bertz CT molecular complexity index is 446. The maximum Gasteiger partial charge on any atom is 0.401 e. The van der Waals surface area contributed by atoms with E-state index in [0.717, 1.165) is 5.56 Å². The van der Waals surface area contributed by atoms with Crippen LogP contribution in [0, 0.1) is 0 Å². The fourth-order valence-electron chi connectivity index (χ4n) is 1.75. The van der Waals surface area contributed by atoms with E-state index in [0.29, 0.717) is 12.2 Å². The highest BCUT2D eigenvalue weighted by molar-refractivity contribution is 5.77. The largest absolute Gasteiger partial charge is 0.465 e. The first-order valence-corrected chi connectivity index (χ1v) is 6.42. The van der Waals surface area contributed by atoms with Gasteiger partial charge in [0.2, 0.25) is 0 Å². The van der Waals surface area contributed by atoms with E-state index in [9.17, 15) is 18.0 Å². The molecule has 0 bridgehead atoms. The van der Waals surface area contributed by atoms with Gasteiger partial charge in [-0.05, 0) is 18.1 Å². The van der Waals surface area contributed by atoms with Crippen LogP contribution in [-0.2, 0) is 20.9 Å². The van der Waals surface area contributed by atoms with Crippen LogP contribution in [-0.4, -0.2) is 32.4 Å². The molecule has 1 rings (SSSR count). The van der Waals surface area contributed by atoms with Crippen LogP contribution >= 0.6 is 0 Å². The van der Waals surface area contributed by atoms with E-state index in [1.807, 2.05) is 0 Å². The molecule has 1 aromatic rings. The van der Waals surface area contributed by atoms with E-state index in [1.165, 1.54) is 0 Å². The number of halogens is 3. The molecule has 1 unspecified atom stereocenters. The third-order valence-electron chi connectivity index (χ3n) is 2.65. The predicted octanol–water partition coefficient (Wildman–Crippen LogP) is 2.59. The Morgan fingerprint density at radius 1 is 1.29 bits per heavy atom. The number of carbonyl (C=O) groups is 1. The van der Waals surface area contributed by atoms with Crippen molar-refractivity contribution < 1.29 is 27.4 Å². The summed E-state index contributed by atoms with van der Waals surface area (Å²) in [7, 11) is 1.54. The molecule has 0 aliphatic rings. The number of benzene rings is 1. The second kappa shape index (κ2) is 7.99. The van der Waals surface area contributed by atoms with Crippen LogP contribution in [0.4, 0.5) is 13.2 Å². The van der Waals surface area contributed by atoms with Crippen molar-refractivity contribution >= 4 is 5.97 Å². The van der Waals surface area contributed by atoms with Gasteiger partial charge in [-0.15, -0.1) is 0 Å². The number of carbonyl (C=O) groups excluding carboxylic acids is 1. The smallest absolute Gasteiger partial charge is 0.401 e. The zero-order valence-corrected chi connectivity index (χ0v) is 11.9. The molecule has 0 saturated carbocycles. The first kappa shape index (κ1) is 17.5. The van der Waals surface area contributed by atoms with Gasteiger partial charge in [0.25, 0.3) is 0 Å². The van der Waals surface area contributed by atoms with Gasteiger partial charge in [-0.1, -0.05) is 24.3 Å². The van der Waals surface area contributed by atoms with Crippen LogP contribution in [0.3, 0.4) is 0 Å². The van der Waals surface area contributed by atoms with Crippen molar-refractivity contribution in [2.45, 2.75) is 25.7 Å². The number of esters is 1. The summed E-state index contributed by atoms with van der Waals surface area (Å²) >= 11 is 0. The first-order valence-electron chi connectivity index (χ1n) is 6.42. The van der Waals surface area contributed by atoms with Crippen LogP contribution < -0.4 is 5.32 Å². The van der Waals surface area contributed by atoms with E-state index in [2.05, 4.69) is 5.32 Å². The number of hydrogen-bond donors (Lipinski definition) is 1. The van der Waals surface area contributed by atoms with Gasteiger partial charge in [0.05, 0.1) is 19.8 Å². The van der Waals surface area contributed by atoms with Crippen molar-refractivity contribution in [1.82, 2.24) is 5.32 Å². The van der Waals surface area contributed by atoms with Gasteiger partial charge in [-0.2, -0.15) is 13.2 Å². The Morgan fingerprint density at radius 2 is 1.90 bits per heavy atom. The summed E-state index contributed by atoms with van der Waals surface area (Å²) in [4.78, 5) is 11.8. The second-order valence-electron chi connectivity index (χ2n) is 4.36. The molecule has 0 radical (unpaired) electrons. The normalized spacial score (nSPS) is 13.0. The molecule has 0 heterocycles. The van der Waals surface area contributed by atoms with Crippen LogP contribution in [0.5, 0.6) is 0 Å². The lowest BCUT2D eigenvalue weighted by atomic mass is 10.0. The quantitative estimate of drug-likeness (QED) is 0.787. The minimum atomic E-state index is -4.40. The van der Waals surface area contributed by atoms with Crippen LogP contribution in [0.25, 0.3) is 0 Å². The van der Waals surface area contributed by atoms with Crippen molar-refractivity contribution in [3.8, 4) is 0 Å². The van der Waals surface area contributed by atoms with E-state index < -0.39 is 24.7 Å². The van der Waals surface area contributed by atoms with Crippen molar-refractivity contribution in [3.05, 3.63) is 35.4 Å². The van der Waals surface area contributed by atoms with Crippen molar-refractivity contribution in [2.75, 3.05) is 20.3 Å². The average molecular weight is 305 g/mol. The van der Waals surface area contributed by atoms with Gasteiger partial charge in [0.1, 0.15) is 6.04 Å². The summed E-state index contributed by atoms with van der Waals surface area (Å²) in [6.07, 6.45) is -4.40. The summed E-state index contributed by atoms with van der Waals surface area (Å²) in [5, 5.41) is 2.18. The summed E-state index contributed by atoms with van der Waals surface area (Å²) in [6.45, 7) is 0.821. The van der Waals surface area contributed by atoms with Crippen molar-refractivity contribution in [2.24, 2.45) is 0 Å². The van der Waals surface area contributed by atoms with E-state index >= 15 is 0 Å². The molecule has 0 amide bonds. The molecule has 4 nitrogen and oxygen atoms in total. The maximum absolute atomic E-state index is 12.3. The molecule has 0 fully saturated rings. The van der Waals surface area contributed by atoms with Gasteiger partial charge < -0.3 is 9.47 Å². The fraction of sp³-hybridized carbons (Fsp3) is 0.500. The summed E-state index contributed by atoms with van der Waals surface area (Å²) in [6, 6.07) is 5.41. The molecule has 0 aliphatic carbocycles. The zero-order chi connectivity index (χ0) is 15.9. The Hall–Kier alpha value is -1.60. The fourth-order valence-corrected chi connectivity index (χ4v) is 1.75. The lowest BCUT2D eigenvalue weighted by Crippen LogP contribution is -2.36. The summed E-state index contributed by atoms with van der Waals surface area (Å²) in [5.74, 6) is -0.735. The van der Waals surface area contributed by atoms with Crippen molar-refractivity contribution in [3.63, 3.8) is 0 Å². The number of alkyl halides is 3. The zero-order valence-electron chi connectivity index (χ0n) is 11.9. The molecule has 7 heteroatoms. The molecule has 1 atom stereocenters. The molecular formula is C14H18F3NO3. The van der Waals surface area contributed by atoms with E-state index in [1.54, 1.807) is 38.3 Å². The first-order chi connectivity index (χ1) is 9.87. The standard InChI is InChI=1S/C14H18F3NO3/c1-3-21-13(19)12(18-9-14(15,16)17)11-6-4-10(5-7-11)8-20-2/h4-7,12,18H,3,8-9H2,1-2H3. The number of ether oxygens (including phenoxy) is 2. The topological polar surface area (TPSA) is 47.6 Å². The van der Waals surface area contributed by atoms with Crippen LogP contribution in [0.2, 0.25) is 0 Å². The SMILES string of the molecule is CCOC(=O)C(NCC(F)(F)F)c1ccc(COC)cc1. The lowest BCUT2D eigenvalue weighted by Gasteiger charge is -2.19. The molecule has 0 saturated heterocycles. The molecule has 21 heavy (non-hydrogen) atoms. The third-order valence-corrected chi connectivity index (χ3v) is 2.65. The van der Waals surface area contributed by atoms with Gasteiger partial charge in [-0.3, -0.25) is 5.32 Å². The van der Waals surface area contributed by atoms with Gasteiger partial charge >= 0.3 is 12.1 Å². The highest BCUT2D eigenvalue weighted by atomic mass is 19.4. The van der Waals surface area contributed by atoms with Crippen LogP contribution in [0.15, 0.2) is 24.3 Å². The average Bonchev–Trinajstić information content (AvgIpc) is 2.40. The highest BCUT2D eigenvalue weighted by Gasteiger charge is 2.31. The minimum Gasteiger partial charge on any atom is -0.465 e. The molecule has 0 aliphatic heterocycles. The molecule has 1 N–H and O–H groups in total. The monoisotopic (exact) mass is 305 g/mol. The molecule has 118 valence electrons. The second-order valence-corrected chi connectivity index (χ2v) is 4.36.